The molecule has 2 N–H and O–H groups in total. The number of carboxylic acid groups (broad SMARTS) is 2. The number of carboxylic acids is 2. The van der Waals surface area contributed by atoms with Crippen molar-refractivity contribution in [3.8, 4) is 0 Å². The molecule has 2 aromatic rings. The summed E-state index contributed by atoms with van der Waals surface area (Å²) >= 11 is 1.88. The van der Waals surface area contributed by atoms with Gasteiger partial charge in [-0.2, -0.15) is 26.3 Å². The van der Waals surface area contributed by atoms with E-state index in [0.717, 1.165) is 25.2 Å². The van der Waals surface area contributed by atoms with E-state index < -0.39 is 24.3 Å². The van der Waals surface area contributed by atoms with Crippen LogP contribution in [0.15, 0.2) is 42.0 Å². The predicted molar refractivity (Wildman–Crippen MR) is 114 cm³/mol. The summed E-state index contributed by atoms with van der Waals surface area (Å²) in [7, 11) is 0. The van der Waals surface area contributed by atoms with Crippen LogP contribution in [0, 0.1) is 0 Å². The van der Waals surface area contributed by atoms with Crippen molar-refractivity contribution in [3.05, 3.63) is 52.5 Å². The van der Waals surface area contributed by atoms with E-state index in [0.29, 0.717) is 0 Å². The summed E-state index contributed by atoms with van der Waals surface area (Å²) in [5.74, 6) is -5.51. The van der Waals surface area contributed by atoms with Crippen LogP contribution in [0.5, 0.6) is 0 Å². The molecule has 2 fully saturated rings. The van der Waals surface area contributed by atoms with Gasteiger partial charge < -0.3 is 10.2 Å². The summed E-state index contributed by atoms with van der Waals surface area (Å²) in [6, 6.07) is 10.2. The highest BCUT2D eigenvalue weighted by Gasteiger charge is 2.42. The van der Waals surface area contributed by atoms with Crippen molar-refractivity contribution in [1.82, 2.24) is 14.8 Å². The highest BCUT2D eigenvalue weighted by molar-refractivity contribution is 7.09. The van der Waals surface area contributed by atoms with Crippen molar-refractivity contribution < 1.29 is 46.1 Å². The molecule has 2 aromatic heterocycles. The summed E-state index contributed by atoms with van der Waals surface area (Å²) in [5.41, 5.74) is 1.34. The number of halogens is 6. The summed E-state index contributed by atoms with van der Waals surface area (Å²) in [4.78, 5) is 28.9. The Morgan fingerprint density at radius 3 is 1.83 bits per heavy atom. The first kappa shape index (κ1) is 28.5. The molecule has 0 unspecified atom stereocenters. The average Bonchev–Trinajstić information content (AvgIpc) is 3.49. The minimum absolute atomic E-state index is 0.741. The molecule has 0 spiro atoms. The smallest absolute Gasteiger partial charge is 0.475 e. The molecule has 0 saturated carbocycles. The number of hydrogen-bond donors (Lipinski definition) is 2. The van der Waals surface area contributed by atoms with E-state index in [4.69, 9.17) is 19.8 Å². The van der Waals surface area contributed by atoms with Gasteiger partial charge in [-0.3, -0.25) is 14.8 Å². The molecule has 2 aliphatic heterocycles. The third kappa shape index (κ3) is 9.11. The molecule has 0 aliphatic carbocycles. The Hall–Kier alpha value is -2.71. The lowest BCUT2D eigenvalue weighted by Gasteiger charge is -2.25. The van der Waals surface area contributed by atoms with Crippen LogP contribution >= 0.6 is 11.3 Å². The maximum Gasteiger partial charge on any atom is 0.490 e. The van der Waals surface area contributed by atoms with Crippen LogP contribution in [0.25, 0.3) is 0 Å². The molecule has 7 nitrogen and oxygen atoms in total. The number of hydrogen-bond acceptors (Lipinski definition) is 6. The monoisotopic (exact) mass is 527 g/mol. The van der Waals surface area contributed by atoms with Gasteiger partial charge in [0.2, 0.25) is 0 Å². The number of rotatable bonds is 4. The van der Waals surface area contributed by atoms with Crippen LogP contribution < -0.4 is 0 Å². The third-order valence-corrected chi connectivity index (χ3v) is 6.20. The van der Waals surface area contributed by atoms with Crippen molar-refractivity contribution in [1.29, 1.82) is 0 Å². The molecule has 0 aromatic carbocycles. The Balaban J connectivity index is 0.000000257. The Kier molecular flexibility index (Phi) is 10.0. The lowest BCUT2D eigenvalue weighted by Crippen LogP contribution is -2.35. The topological polar surface area (TPSA) is 94.0 Å². The largest absolute Gasteiger partial charge is 0.490 e. The van der Waals surface area contributed by atoms with Crippen molar-refractivity contribution in [3.63, 3.8) is 0 Å². The van der Waals surface area contributed by atoms with Gasteiger partial charge in [0.25, 0.3) is 0 Å². The van der Waals surface area contributed by atoms with Crippen LogP contribution in [0.1, 0.15) is 23.3 Å². The van der Waals surface area contributed by atoms with Crippen molar-refractivity contribution in [2.75, 3.05) is 13.1 Å². The van der Waals surface area contributed by atoms with Gasteiger partial charge in [0.05, 0.1) is 0 Å². The maximum atomic E-state index is 10.6. The van der Waals surface area contributed by atoms with Gasteiger partial charge in [-0.05, 0) is 35.9 Å². The Labute approximate surface area is 200 Å². The van der Waals surface area contributed by atoms with Crippen molar-refractivity contribution >= 4 is 23.3 Å². The molecule has 0 bridgehead atoms. The molecule has 2 aliphatic rings. The van der Waals surface area contributed by atoms with E-state index in [1.54, 1.807) is 0 Å². The van der Waals surface area contributed by atoms with Gasteiger partial charge in [-0.15, -0.1) is 11.3 Å². The molecule has 194 valence electrons. The van der Waals surface area contributed by atoms with E-state index in [-0.39, 0.29) is 0 Å². The van der Waals surface area contributed by atoms with E-state index in [9.17, 15) is 26.3 Å². The molecule has 4 heterocycles. The minimum Gasteiger partial charge on any atom is -0.475 e. The zero-order valence-corrected chi connectivity index (χ0v) is 19.0. The Bertz CT molecular complexity index is 917. The number of thiophene rings is 1. The number of pyridine rings is 1. The highest BCUT2D eigenvalue weighted by Crippen LogP contribution is 2.34. The summed E-state index contributed by atoms with van der Waals surface area (Å²) in [6.45, 7) is 4.67. The minimum atomic E-state index is -5.08. The SMILES string of the molecule is O=C(O)C(F)(F)F.O=C(O)C(F)(F)F.c1cncc(CN2CC[C@@H]3[C@@H]2CCN3Cc2cccs2)c1. The van der Waals surface area contributed by atoms with E-state index in [1.807, 2.05) is 29.8 Å². The van der Waals surface area contributed by atoms with Crippen molar-refractivity contribution in [2.24, 2.45) is 0 Å². The molecule has 4 rings (SSSR count). The number of fused-ring (bicyclic) bond motifs is 1. The standard InChI is InChI=1S/C17H21N3S.2C2HF3O2/c1-3-14(11-18-7-1)12-19-8-5-17-16(19)6-9-20(17)13-15-4-2-10-21-15;2*3-2(4,5)1(6)7/h1-4,7,10-11,16-17H,5-6,8-9,12-13H2;2*(H,6,7)/t16-,17+;;/m0../s1. The van der Waals surface area contributed by atoms with E-state index in [2.05, 4.69) is 38.4 Å². The summed E-state index contributed by atoms with van der Waals surface area (Å²) < 4.78 is 63.5. The second-order valence-electron chi connectivity index (χ2n) is 7.70. The van der Waals surface area contributed by atoms with Gasteiger partial charge in [0.1, 0.15) is 0 Å². The number of likely N-dealkylation sites (tertiary alicyclic amines) is 2. The van der Waals surface area contributed by atoms with Gasteiger partial charge in [-0.25, -0.2) is 9.59 Å². The van der Waals surface area contributed by atoms with Crippen molar-refractivity contribution in [2.45, 2.75) is 50.4 Å². The second kappa shape index (κ2) is 12.3. The van der Waals surface area contributed by atoms with E-state index in [1.165, 1.54) is 36.4 Å². The maximum absolute atomic E-state index is 10.6. The summed E-state index contributed by atoms with van der Waals surface area (Å²) in [5, 5.41) is 16.4. The third-order valence-electron chi connectivity index (χ3n) is 5.34. The highest BCUT2D eigenvalue weighted by atomic mass is 32.1. The molecule has 2 atom stereocenters. The van der Waals surface area contributed by atoms with Crippen LogP contribution in [-0.4, -0.2) is 74.5 Å². The normalized spacial score (nSPS) is 20.3. The van der Waals surface area contributed by atoms with Gasteiger partial charge in [0, 0.05) is 55.5 Å². The average molecular weight is 527 g/mol. The number of alkyl halides is 6. The fourth-order valence-corrected chi connectivity index (χ4v) is 4.62. The lowest BCUT2D eigenvalue weighted by atomic mass is 10.1. The van der Waals surface area contributed by atoms with E-state index >= 15 is 0 Å². The molecular weight excluding hydrogens is 504 g/mol. The number of carbonyl (C=O) groups is 2. The molecule has 14 heteroatoms. The fourth-order valence-electron chi connectivity index (χ4n) is 3.89. The molecule has 0 radical (unpaired) electrons. The summed E-state index contributed by atoms with van der Waals surface area (Å²) in [6.07, 6.45) is -3.67. The Morgan fingerprint density at radius 1 is 0.914 bits per heavy atom. The Morgan fingerprint density at radius 2 is 1.43 bits per heavy atom. The fraction of sp³-hybridized carbons (Fsp3) is 0.476. The van der Waals surface area contributed by atoms with Crippen LogP contribution in [0.2, 0.25) is 0 Å². The second-order valence-corrected chi connectivity index (χ2v) is 8.73. The first-order chi connectivity index (χ1) is 16.3. The zero-order chi connectivity index (χ0) is 26.2. The number of aromatic nitrogens is 1. The quantitative estimate of drug-likeness (QED) is 0.574. The first-order valence-corrected chi connectivity index (χ1v) is 11.2. The first-order valence-electron chi connectivity index (χ1n) is 10.3. The lowest BCUT2D eigenvalue weighted by molar-refractivity contribution is -0.193. The van der Waals surface area contributed by atoms with Crippen LogP contribution in [-0.2, 0) is 22.7 Å². The number of aliphatic carboxylic acids is 2. The predicted octanol–water partition coefficient (Wildman–Crippen LogP) is 4.26. The van der Waals surface area contributed by atoms with Crippen LogP contribution in [0.4, 0.5) is 26.3 Å². The van der Waals surface area contributed by atoms with Gasteiger partial charge in [0.15, 0.2) is 0 Å². The number of nitrogens with zero attached hydrogens (tertiary/aromatic N) is 3. The molecule has 0 amide bonds. The van der Waals surface area contributed by atoms with Gasteiger partial charge in [-0.1, -0.05) is 12.1 Å². The zero-order valence-electron chi connectivity index (χ0n) is 18.2. The van der Waals surface area contributed by atoms with Crippen LogP contribution in [0.3, 0.4) is 0 Å². The molecule has 2 saturated heterocycles. The molecular formula is C21H23F6N3O4S. The molecule has 35 heavy (non-hydrogen) atoms. The van der Waals surface area contributed by atoms with Gasteiger partial charge >= 0.3 is 24.3 Å².